The summed E-state index contributed by atoms with van der Waals surface area (Å²) in [6, 6.07) is 1.39. The second-order valence-electron chi connectivity index (χ2n) is 4.36. The number of aliphatic hydroxyl groups excluding tert-OH is 1. The predicted molar refractivity (Wildman–Crippen MR) is 69.1 cm³/mol. The molecule has 2 atom stereocenters. The van der Waals surface area contributed by atoms with Crippen molar-refractivity contribution in [3.8, 4) is 0 Å². The van der Waals surface area contributed by atoms with Gasteiger partial charge in [-0.25, -0.2) is 9.97 Å². The lowest BCUT2D eigenvalue weighted by Gasteiger charge is -2.23. The van der Waals surface area contributed by atoms with E-state index < -0.39 is 0 Å². The van der Waals surface area contributed by atoms with Crippen LogP contribution in [0.25, 0.3) is 0 Å². The molecule has 1 heterocycles. The zero-order chi connectivity index (χ0) is 13.5. The number of likely N-dealkylation sites (N-methyl/N-ethyl adjacent to an activating group) is 1. The number of anilines is 1. The minimum Gasteiger partial charge on any atom is -0.393 e. The third-order valence-electron chi connectivity index (χ3n) is 2.74. The zero-order valence-electron chi connectivity index (χ0n) is 11.0. The van der Waals surface area contributed by atoms with Gasteiger partial charge in [0.2, 0.25) is 11.9 Å². The van der Waals surface area contributed by atoms with Crippen molar-refractivity contribution in [2.45, 2.75) is 32.4 Å². The number of hydrogen-bond donors (Lipinski definition) is 2. The van der Waals surface area contributed by atoms with Crippen LogP contribution in [0.2, 0.25) is 0 Å². The number of nitrogens with zero attached hydrogens (tertiary/aromatic N) is 3. The summed E-state index contributed by atoms with van der Waals surface area (Å²) in [4.78, 5) is 21.6. The average molecular weight is 252 g/mol. The molecule has 0 aliphatic rings. The number of nitrogens with one attached hydrogen (secondary N) is 1. The number of rotatable bonds is 6. The van der Waals surface area contributed by atoms with Crippen molar-refractivity contribution in [1.29, 1.82) is 0 Å². The van der Waals surface area contributed by atoms with Gasteiger partial charge in [-0.15, -0.1) is 0 Å². The van der Waals surface area contributed by atoms with Crippen molar-refractivity contribution >= 4 is 11.9 Å². The van der Waals surface area contributed by atoms with Crippen molar-refractivity contribution in [1.82, 2.24) is 14.9 Å². The van der Waals surface area contributed by atoms with E-state index in [0.717, 1.165) is 0 Å². The first kappa shape index (κ1) is 14.5. The SMILES string of the molecule is CC(O)CCN(C)C(C)C(=O)Nc1ncccn1. The van der Waals surface area contributed by atoms with E-state index in [4.69, 9.17) is 0 Å². The van der Waals surface area contributed by atoms with E-state index in [9.17, 15) is 9.90 Å². The summed E-state index contributed by atoms with van der Waals surface area (Å²) in [6.07, 6.45) is 3.42. The number of carbonyl (C=O) groups is 1. The highest BCUT2D eigenvalue weighted by Crippen LogP contribution is 2.03. The molecule has 0 saturated heterocycles. The van der Waals surface area contributed by atoms with Crippen molar-refractivity contribution < 1.29 is 9.90 Å². The van der Waals surface area contributed by atoms with Crippen LogP contribution in [0, 0.1) is 0 Å². The largest absolute Gasteiger partial charge is 0.393 e. The topological polar surface area (TPSA) is 78.4 Å². The molecule has 1 aromatic heterocycles. The van der Waals surface area contributed by atoms with Crippen LogP contribution in [0.15, 0.2) is 18.5 Å². The summed E-state index contributed by atoms with van der Waals surface area (Å²) in [7, 11) is 1.85. The predicted octanol–water partition coefficient (Wildman–Crippen LogP) is 0.506. The Labute approximate surface area is 107 Å². The fraction of sp³-hybridized carbons (Fsp3) is 0.583. The standard InChI is InChI=1S/C12H20N4O2/c1-9(17)5-8-16(3)10(2)11(18)15-12-13-6-4-7-14-12/h4,6-7,9-10,17H,5,8H2,1-3H3,(H,13,14,15,18). The van der Waals surface area contributed by atoms with Gasteiger partial charge in [-0.2, -0.15) is 0 Å². The molecule has 2 unspecified atom stereocenters. The van der Waals surface area contributed by atoms with E-state index in [1.807, 2.05) is 11.9 Å². The van der Waals surface area contributed by atoms with Gasteiger partial charge in [-0.3, -0.25) is 15.0 Å². The minimum absolute atomic E-state index is 0.158. The Hall–Kier alpha value is -1.53. The lowest BCUT2D eigenvalue weighted by molar-refractivity contribution is -0.120. The summed E-state index contributed by atoms with van der Waals surface area (Å²) in [6.45, 7) is 4.19. The molecule has 0 radical (unpaired) electrons. The molecular weight excluding hydrogens is 232 g/mol. The molecule has 6 heteroatoms. The molecule has 0 aromatic carbocycles. The molecule has 1 rings (SSSR count). The molecule has 0 spiro atoms. The molecule has 0 aliphatic carbocycles. The van der Waals surface area contributed by atoms with E-state index in [0.29, 0.717) is 18.9 Å². The van der Waals surface area contributed by atoms with Crippen molar-refractivity contribution in [3.63, 3.8) is 0 Å². The van der Waals surface area contributed by atoms with Gasteiger partial charge in [-0.05, 0) is 33.4 Å². The maximum atomic E-state index is 11.9. The minimum atomic E-state index is -0.361. The first-order valence-electron chi connectivity index (χ1n) is 5.97. The van der Waals surface area contributed by atoms with Crippen LogP contribution in [0.5, 0.6) is 0 Å². The lowest BCUT2D eigenvalue weighted by Crippen LogP contribution is -2.40. The second kappa shape index (κ2) is 7.03. The summed E-state index contributed by atoms with van der Waals surface area (Å²) in [5.74, 6) is 0.146. The quantitative estimate of drug-likeness (QED) is 0.771. The normalized spacial score (nSPS) is 14.3. The van der Waals surface area contributed by atoms with E-state index in [1.165, 1.54) is 0 Å². The molecule has 1 amide bonds. The molecule has 1 aromatic rings. The molecule has 0 saturated carbocycles. The monoisotopic (exact) mass is 252 g/mol. The Morgan fingerprint density at radius 1 is 1.44 bits per heavy atom. The van der Waals surface area contributed by atoms with E-state index in [-0.39, 0.29) is 18.1 Å². The van der Waals surface area contributed by atoms with Crippen LogP contribution in [-0.2, 0) is 4.79 Å². The van der Waals surface area contributed by atoms with E-state index in [1.54, 1.807) is 32.3 Å². The number of amides is 1. The number of aliphatic hydroxyl groups is 1. The Balaban J connectivity index is 2.46. The molecule has 0 fully saturated rings. The van der Waals surface area contributed by atoms with Gasteiger partial charge in [0.1, 0.15) is 0 Å². The Morgan fingerprint density at radius 3 is 2.61 bits per heavy atom. The Bertz CT molecular complexity index is 370. The number of aromatic nitrogens is 2. The van der Waals surface area contributed by atoms with Crippen LogP contribution in [0.3, 0.4) is 0 Å². The molecule has 6 nitrogen and oxygen atoms in total. The van der Waals surface area contributed by atoms with Gasteiger partial charge in [0.15, 0.2) is 0 Å². The van der Waals surface area contributed by atoms with Gasteiger partial charge in [0, 0.05) is 18.9 Å². The zero-order valence-corrected chi connectivity index (χ0v) is 11.0. The number of carbonyl (C=O) groups excluding carboxylic acids is 1. The smallest absolute Gasteiger partial charge is 0.243 e. The molecule has 18 heavy (non-hydrogen) atoms. The fourth-order valence-electron chi connectivity index (χ4n) is 1.36. The van der Waals surface area contributed by atoms with Crippen LogP contribution >= 0.6 is 0 Å². The fourth-order valence-corrected chi connectivity index (χ4v) is 1.36. The van der Waals surface area contributed by atoms with Crippen LogP contribution < -0.4 is 5.32 Å². The average Bonchev–Trinajstić information content (AvgIpc) is 2.36. The van der Waals surface area contributed by atoms with Crippen molar-refractivity contribution in [2.75, 3.05) is 18.9 Å². The maximum absolute atomic E-state index is 11.9. The van der Waals surface area contributed by atoms with Gasteiger partial charge in [0.25, 0.3) is 0 Å². The number of hydrogen-bond acceptors (Lipinski definition) is 5. The maximum Gasteiger partial charge on any atom is 0.243 e. The first-order chi connectivity index (χ1) is 8.50. The summed E-state index contributed by atoms with van der Waals surface area (Å²) >= 11 is 0. The molecule has 0 bridgehead atoms. The third-order valence-corrected chi connectivity index (χ3v) is 2.74. The highest BCUT2D eigenvalue weighted by molar-refractivity contribution is 5.92. The van der Waals surface area contributed by atoms with Crippen molar-refractivity contribution in [3.05, 3.63) is 18.5 Å². The Morgan fingerprint density at radius 2 is 2.06 bits per heavy atom. The van der Waals surface area contributed by atoms with Gasteiger partial charge >= 0.3 is 0 Å². The van der Waals surface area contributed by atoms with Crippen LogP contribution in [0.4, 0.5) is 5.95 Å². The highest BCUT2D eigenvalue weighted by atomic mass is 16.3. The summed E-state index contributed by atoms with van der Waals surface area (Å²) < 4.78 is 0. The lowest BCUT2D eigenvalue weighted by atomic mass is 10.2. The van der Waals surface area contributed by atoms with Crippen molar-refractivity contribution in [2.24, 2.45) is 0 Å². The summed E-state index contributed by atoms with van der Waals surface area (Å²) in [5.41, 5.74) is 0. The van der Waals surface area contributed by atoms with E-state index in [2.05, 4.69) is 15.3 Å². The highest BCUT2D eigenvalue weighted by Gasteiger charge is 2.18. The van der Waals surface area contributed by atoms with Gasteiger partial charge in [-0.1, -0.05) is 0 Å². The molecule has 100 valence electrons. The Kier molecular flexibility index (Phi) is 5.67. The van der Waals surface area contributed by atoms with Gasteiger partial charge in [0.05, 0.1) is 12.1 Å². The van der Waals surface area contributed by atoms with E-state index >= 15 is 0 Å². The van der Waals surface area contributed by atoms with Crippen LogP contribution in [-0.4, -0.2) is 51.6 Å². The first-order valence-corrected chi connectivity index (χ1v) is 5.97. The molecule has 0 aliphatic heterocycles. The molecule has 2 N–H and O–H groups in total. The second-order valence-corrected chi connectivity index (χ2v) is 4.36. The van der Waals surface area contributed by atoms with Crippen LogP contribution in [0.1, 0.15) is 20.3 Å². The third kappa shape index (κ3) is 4.77. The summed E-state index contributed by atoms with van der Waals surface area (Å²) in [5, 5.41) is 11.9. The molecular formula is C12H20N4O2. The van der Waals surface area contributed by atoms with Gasteiger partial charge < -0.3 is 5.11 Å².